The molecule has 3 heteroatoms. The molecular weight excluding hydrogens is 368 g/mol. The zero-order valence-corrected chi connectivity index (χ0v) is 20.6. The number of carbonyl (C=O) groups is 1. The van der Waals surface area contributed by atoms with E-state index < -0.39 is 0 Å². The largest absolute Gasteiger partial charge is 0.317 e. The maximum Gasteiger partial charge on any atom is 0.162 e. The summed E-state index contributed by atoms with van der Waals surface area (Å²) in [5.41, 5.74) is 3.06. The predicted molar refractivity (Wildman–Crippen MR) is 125 cm³/mol. The Kier molecular flexibility index (Phi) is 5.42. The normalized spacial score (nSPS) is 43.8. The van der Waals surface area contributed by atoms with Crippen molar-refractivity contribution in [3.05, 3.63) is 23.3 Å². The van der Waals surface area contributed by atoms with Crippen LogP contribution in [0.25, 0.3) is 0 Å². The number of rotatable bonds is 3. The minimum absolute atomic E-state index is 0.0690. The molecule has 0 aromatic heterocycles. The van der Waals surface area contributed by atoms with Gasteiger partial charge in [0.25, 0.3) is 0 Å². The van der Waals surface area contributed by atoms with E-state index in [0.717, 1.165) is 6.42 Å². The Bertz CT molecular complexity index is 778. The van der Waals surface area contributed by atoms with Crippen molar-refractivity contribution in [2.45, 2.75) is 85.2 Å². The number of fused-ring (bicyclic) bond motifs is 4. The maximum absolute atomic E-state index is 13.7. The molecule has 0 amide bonds. The summed E-state index contributed by atoms with van der Waals surface area (Å²) in [6.07, 6.45) is 11.8. The average Bonchev–Trinajstić information content (AvgIpc) is 2.83. The highest BCUT2D eigenvalue weighted by molar-refractivity contribution is 5.98. The van der Waals surface area contributed by atoms with Crippen LogP contribution in [0.15, 0.2) is 23.3 Å². The first-order chi connectivity index (χ1) is 14.0. The second kappa shape index (κ2) is 7.30. The standard InChI is InChI=1S/C27H44N2O/c1-17(28-6)20-13-14-26(4)22-11-10-21-18(9-12-23(29(7)8)25(21,2)3)15-19(22)16-24(30)27(20,26)5/h15-17,20-23,28H,9-14H2,1-8H3/t17-,20+,21+,22+,23-,26-,27-/m0/s1. The van der Waals surface area contributed by atoms with Crippen molar-refractivity contribution in [1.82, 2.24) is 10.2 Å². The lowest BCUT2D eigenvalue weighted by atomic mass is 9.51. The molecule has 2 fully saturated rings. The van der Waals surface area contributed by atoms with Crippen LogP contribution in [0.1, 0.15) is 73.1 Å². The summed E-state index contributed by atoms with van der Waals surface area (Å²) >= 11 is 0. The van der Waals surface area contributed by atoms with Gasteiger partial charge in [0, 0.05) is 17.5 Å². The highest BCUT2D eigenvalue weighted by Crippen LogP contribution is 2.66. The Morgan fingerprint density at radius 1 is 1.03 bits per heavy atom. The molecule has 3 nitrogen and oxygen atoms in total. The zero-order valence-electron chi connectivity index (χ0n) is 20.6. The van der Waals surface area contributed by atoms with E-state index in [1.54, 1.807) is 5.57 Å². The fourth-order valence-corrected chi connectivity index (χ4v) is 8.54. The topological polar surface area (TPSA) is 32.3 Å². The molecule has 0 aromatic carbocycles. The molecule has 30 heavy (non-hydrogen) atoms. The number of nitrogens with zero attached hydrogens (tertiary/aromatic N) is 1. The van der Waals surface area contributed by atoms with E-state index in [1.165, 1.54) is 37.7 Å². The summed E-state index contributed by atoms with van der Waals surface area (Å²) in [6.45, 7) is 12.0. The second-order valence-corrected chi connectivity index (χ2v) is 12.1. The molecule has 0 radical (unpaired) electrons. The molecule has 2 saturated carbocycles. The molecular formula is C27H44N2O. The molecule has 4 rings (SSSR count). The van der Waals surface area contributed by atoms with Crippen molar-refractivity contribution < 1.29 is 4.79 Å². The smallest absolute Gasteiger partial charge is 0.162 e. The molecule has 4 aliphatic carbocycles. The van der Waals surface area contributed by atoms with Gasteiger partial charge in [-0.05, 0) is 107 Å². The first kappa shape index (κ1) is 22.3. The van der Waals surface area contributed by atoms with Crippen molar-refractivity contribution in [2.75, 3.05) is 21.1 Å². The van der Waals surface area contributed by atoms with Crippen LogP contribution in [-0.4, -0.2) is 43.9 Å². The van der Waals surface area contributed by atoms with Gasteiger partial charge >= 0.3 is 0 Å². The molecule has 168 valence electrons. The third kappa shape index (κ3) is 2.87. The number of hydrogen-bond acceptors (Lipinski definition) is 3. The molecule has 0 aliphatic heterocycles. The SMILES string of the molecule is CN[C@@H](C)[C@H]1CC[C@@]2(C)[C@@H]3CC[C@@H]4C(=CC3=CC(=O)[C@]12C)CC[C@H](N(C)C)C4(C)C. The number of nitrogens with one attached hydrogen (secondary N) is 1. The molecule has 0 bridgehead atoms. The molecule has 0 aromatic rings. The van der Waals surface area contributed by atoms with E-state index in [1.807, 2.05) is 7.05 Å². The van der Waals surface area contributed by atoms with Crippen molar-refractivity contribution in [1.29, 1.82) is 0 Å². The van der Waals surface area contributed by atoms with Crippen molar-refractivity contribution in [2.24, 2.45) is 34.0 Å². The van der Waals surface area contributed by atoms with Gasteiger partial charge in [0.1, 0.15) is 0 Å². The van der Waals surface area contributed by atoms with Gasteiger partial charge in [-0.15, -0.1) is 0 Å². The van der Waals surface area contributed by atoms with E-state index in [-0.39, 0.29) is 16.2 Å². The Hall–Kier alpha value is -0.930. The number of hydrogen-bond donors (Lipinski definition) is 1. The van der Waals surface area contributed by atoms with Gasteiger partial charge < -0.3 is 10.2 Å². The predicted octanol–water partition coefficient (Wildman–Crippen LogP) is 5.23. The molecule has 1 N–H and O–H groups in total. The molecule has 0 saturated heterocycles. The van der Waals surface area contributed by atoms with Crippen LogP contribution in [-0.2, 0) is 4.79 Å². The Morgan fingerprint density at radius 2 is 1.70 bits per heavy atom. The van der Waals surface area contributed by atoms with Gasteiger partial charge in [-0.3, -0.25) is 4.79 Å². The number of ketones is 1. The van der Waals surface area contributed by atoms with Crippen LogP contribution in [0.4, 0.5) is 0 Å². The Labute approximate surface area is 184 Å². The molecule has 0 unspecified atom stereocenters. The minimum Gasteiger partial charge on any atom is -0.317 e. The van der Waals surface area contributed by atoms with Crippen LogP contribution >= 0.6 is 0 Å². The van der Waals surface area contributed by atoms with Gasteiger partial charge in [0.15, 0.2) is 5.78 Å². The van der Waals surface area contributed by atoms with E-state index in [2.05, 4.69) is 71.1 Å². The summed E-state index contributed by atoms with van der Waals surface area (Å²) in [6, 6.07) is 1.01. The van der Waals surface area contributed by atoms with E-state index in [0.29, 0.717) is 35.6 Å². The summed E-state index contributed by atoms with van der Waals surface area (Å²) in [4.78, 5) is 16.1. The first-order valence-electron chi connectivity index (χ1n) is 12.3. The number of allylic oxidation sites excluding steroid dienone is 4. The van der Waals surface area contributed by atoms with Crippen molar-refractivity contribution >= 4 is 5.78 Å². The van der Waals surface area contributed by atoms with E-state index >= 15 is 0 Å². The van der Waals surface area contributed by atoms with E-state index in [4.69, 9.17) is 0 Å². The van der Waals surface area contributed by atoms with Crippen molar-refractivity contribution in [3.8, 4) is 0 Å². The lowest BCUT2D eigenvalue weighted by Crippen LogP contribution is -2.54. The fourth-order valence-electron chi connectivity index (χ4n) is 8.54. The van der Waals surface area contributed by atoms with Gasteiger partial charge in [-0.2, -0.15) is 0 Å². The lowest BCUT2D eigenvalue weighted by molar-refractivity contribution is -0.136. The van der Waals surface area contributed by atoms with Crippen LogP contribution in [0, 0.1) is 34.0 Å². The molecule has 0 heterocycles. The minimum atomic E-state index is -0.251. The quantitative estimate of drug-likeness (QED) is 0.689. The Morgan fingerprint density at radius 3 is 2.33 bits per heavy atom. The highest BCUT2D eigenvalue weighted by atomic mass is 16.1. The third-order valence-corrected chi connectivity index (χ3v) is 10.6. The van der Waals surface area contributed by atoms with Crippen LogP contribution in [0.5, 0.6) is 0 Å². The second-order valence-electron chi connectivity index (χ2n) is 12.1. The maximum atomic E-state index is 13.7. The summed E-state index contributed by atoms with van der Waals surface area (Å²) in [7, 11) is 6.53. The Balaban J connectivity index is 1.74. The van der Waals surface area contributed by atoms with Crippen LogP contribution in [0.3, 0.4) is 0 Å². The van der Waals surface area contributed by atoms with Gasteiger partial charge in [0.2, 0.25) is 0 Å². The zero-order chi connectivity index (χ0) is 22.1. The molecule has 7 atom stereocenters. The summed E-state index contributed by atoms with van der Waals surface area (Å²) < 4.78 is 0. The summed E-state index contributed by atoms with van der Waals surface area (Å²) in [5, 5.41) is 3.46. The van der Waals surface area contributed by atoms with Gasteiger partial charge in [-0.1, -0.05) is 39.3 Å². The summed E-state index contributed by atoms with van der Waals surface area (Å²) in [5.74, 6) is 1.95. The van der Waals surface area contributed by atoms with Gasteiger partial charge in [-0.25, -0.2) is 0 Å². The van der Waals surface area contributed by atoms with E-state index in [9.17, 15) is 4.79 Å². The van der Waals surface area contributed by atoms with Gasteiger partial charge in [0.05, 0.1) is 0 Å². The molecule has 4 aliphatic rings. The monoisotopic (exact) mass is 412 g/mol. The van der Waals surface area contributed by atoms with Crippen LogP contribution < -0.4 is 5.32 Å². The number of carbonyl (C=O) groups excluding carboxylic acids is 1. The first-order valence-corrected chi connectivity index (χ1v) is 12.3. The molecule has 0 spiro atoms. The third-order valence-electron chi connectivity index (χ3n) is 10.6. The highest BCUT2D eigenvalue weighted by Gasteiger charge is 2.64. The fraction of sp³-hybridized carbons (Fsp3) is 0.815. The van der Waals surface area contributed by atoms with Crippen molar-refractivity contribution in [3.63, 3.8) is 0 Å². The lowest BCUT2D eigenvalue weighted by Gasteiger charge is -2.52. The van der Waals surface area contributed by atoms with Crippen LogP contribution in [0.2, 0.25) is 0 Å². The average molecular weight is 413 g/mol.